The Morgan fingerprint density at radius 1 is 1.44 bits per heavy atom. The summed E-state index contributed by atoms with van der Waals surface area (Å²) in [6, 6.07) is 7.30. The zero-order valence-corrected chi connectivity index (χ0v) is 11.8. The van der Waals surface area contributed by atoms with Crippen molar-refractivity contribution in [2.24, 2.45) is 0 Å². The summed E-state index contributed by atoms with van der Waals surface area (Å²) in [5.74, 6) is -1.03. The van der Waals surface area contributed by atoms with Crippen molar-refractivity contribution in [3.8, 4) is 11.3 Å². The Hall–Kier alpha value is -1.53. The molecule has 18 heavy (non-hydrogen) atoms. The van der Waals surface area contributed by atoms with Crippen molar-refractivity contribution in [1.29, 1.82) is 0 Å². The fourth-order valence-electron chi connectivity index (χ4n) is 1.70. The van der Waals surface area contributed by atoms with Gasteiger partial charge < -0.3 is 10.1 Å². The van der Waals surface area contributed by atoms with Crippen LogP contribution in [0.25, 0.3) is 11.3 Å². The van der Waals surface area contributed by atoms with Crippen LogP contribution >= 0.6 is 28.1 Å². The summed E-state index contributed by atoms with van der Waals surface area (Å²) in [5, 5.41) is 9.28. The fraction of sp³-hybridized carbons (Fsp3) is 0.0833. The highest BCUT2D eigenvalue weighted by Crippen LogP contribution is 2.29. The van der Waals surface area contributed by atoms with Crippen LogP contribution in [0.1, 0.15) is 16.1 Å². The lowest BCUT2D eigenvalue weighted by Crippen LogP contribution is -2.07. The van der Waals surface area contributed by atoms with E-state index < -0.39 is 5.97 Å². The van der Waals surface area contributed by atoms with Crippen LogP contribution in [-0.4, -0.2) is 21.0 Å². The number of rotatable bonds is 2. The molecule has 0 saturated heterocycles. The molecule has 2 aromatic rings. The van der Waals surface area contributed by atoms with Crippen LogP contribution in [0.3, 0.4) is 0 Å². The second kappa shape index (κ2) is 4.99. The predicted octanol–water partition coefficient (Wildman–Crippen LogP) is 3.58. The Morgan fingerprint density at radius 3 is 2.72 bits per heavy atom. The molecule has 0 spiro atoms. The topological polar surface area (TPSA) is 66.0 Å². The van der Waals surface area contributed by atoms with Crippen LogP contribution in [0, 0.1) is 11.7 Å². The zero-order chi connectivity index (χ0) is 13.3. The summed E-state index contributed by atoms with van der Waals surface area (Å²) in [5.41, 5.74) is 1.71. The van der Waals surface area contributed by atoms with E-state index in [0.29, 0.717) is 17.0 Å². The predicted molar refractivity (Wildman–Crippen MR) is 74.3 cm³/mol. The molecule has 1 heterocycles. The van der Waals surface area contributed by atoms with E-state index in [2.05, 4.69) is 25.9 Å². The lowest BCUT2D eigenvalue weighted by atomic mass is 10.1. The van der Waals surface area contributed by atoms with Crippen LogP contribution in [0.4, 0.5) is 0 Å². The first-order valence-corrected chi connectivity index (χ1v) is 6.30. The van der Waals surface area contributed by atoms with Gasteiger partial charge in [0.05, 0.1) is 5.69 Å². The van der Waals surface area contributed by atoms with Gasteiger partial charge in [0.25, 0.3) is 0 Å². The molecule has 0 fully saturated rings. The van der Waals surface area contributed by atoms with Crippen molar-refractivity contribution in [2.45, 2.75) is 6.92 Å². The number of aromatic nitrogens is 2. The molecule has 0 atom stereocenters. The van der Waals surface area contributed by atoms with Gasteiger partial charge in [-0.2, -0.15) is 0 Å². The molecule has 0 aliphatic heterocycles. The maximum absolute atomic E-state index is 11.3. The molecule has 0 amide bonds. The van der Waals surface area contributed by atoms with Crippen LogP contribution in [-0.2, 0) is 0 Å². The summed E-state index contributed by atoms with van der Waals surface area (Å²) in [4.78, 5) is 18.2. The third-order valence-electron chi connectivity index (χ3n) is 2.46. The monoisotopic (exact) mass is 324 g/mol. The molecule has 6 heteroatoms. The largest absolute Gasteiger partial charge is 0.478 e. The van der Waals surface area contributed by atoms with E-state index >= 15 is 0 Å². The number of nitrogens with zero attached hydrogens (tertiary/aromatic N) is 1. The molecular formula is C12H9BrN2O2S. The average Bonchev–Trinajstić information content (AvgIpc) is 2.27. The van der Waals surface area contributed by atoms with Crippen LogP contribution in [0.2, 0.25) is 0 Å². The molecule has 2 N–H and O–H groups in total. The molecule has 0 aliphatic rings. The first-order chi connectivity index (χ1) is 8.50. The van der Waals surface area contributed by atoms with E-state index in [1.807, 2.05) is 18.2 Å². The maximum Gasteiger partial charge on any atom is 0.339 e. The molecule has 0 radical (unpaired) electrons. The molecule has 0 bridgehead atoms. The van der Waals surface area contributed by atoms with Crippen molar-refractivity contribution in [3.05, 3.63) is 44.8 Å². The third-order valence-corrected chi connectivity index (χ3v) is 3.35. The number of carbonyl (C=O) groups is 1. The van der Waals surface area contributed by atoms with Crippen LogP contribution in [0.5, 0.6) is 0 Å². The van der Waals surface area contributed by atoms with Gasteiger partial charge in [-0.25, -0.2) is 9.78 Å². The van der Waals surface area contributed by atoms with E-state index in [1.54, 1.807) is 13.0 Å². The fourth-order valence-corrected chi connectivity index (χ4v) is 2.41. The molecular weight excluding hydrogens is 316 g/mol. The highest BCUT2D eigenvalue weighted by Gasteiger charge is 2.18. The minimum Gasteiger partial charge on any atom is -0.478 e. The van der Waals surface area contributed by atoms with Gasteiger partial charge >= 0.3 is 5.97 Å². The number of H-pyrrole nitrogens is 1. The molecule has 0 aliphatic carbocycles. The molecule has 1 aromatic heterocycles. The summed E-state index contributed by atoms with van der Waals surface area (Å²) in [6.45, 7) is 1.67. The van der Waals surface area contributed by atoms with Crippen molar-refractivity contribution in [1.82, 2.24) is 9.97 Å². The minimum absolute atomic E-state index is 0.135. The number of carboxylic acids is 1. The lowest BCUT2D eigenvalue weighted by molar-refractivity contribution is 0.0696. The SMILES string of the molecule is Cc1[nH]c(=S)nc(-c2ccccc2Br)c1C(=O)O. The Labute approximate surface area is 117 Å². The smallest absolute Gasteiger partial charge is 0.339 e. The quantitative estimate of drug-likeness (QED) is 0.829. The number of aromatic amines is 1. The number of hydrogen-bond acceptors (Lipinski definition) is 3. The number of nitrogens with one attached hydrogen (secondary N) is 1. The number of hydrogen-bond donors (Lipinski definition) is 2. The third kappa shape index (κ3) is 2.34. The number of carboxylic acid groups (broad SMARTS) is 1. The van der Waals surface area contributed by atoms with E-state index in [4.69, 9.17) is 12.2 Å². The average molecular weight is 325 g/mol. The Balaban J connectivity index is 2.82. The van der Waals surface area contributed by atoms with Crippen LogP contribution in [0.15, 0.2) is 28.7 Å². The number of halogens is 1. The molecule has 0 unspecified atom stereocenters. The Kier molecular flexibility index (Phi) is 3.58. The summed E-state index contributed by atoms with van der Waals surface area (Å²) < 4.78 is 1.04. The highest BCUT2D eigenvalue weighted by molar-refractivity contribution is 9.10. The van der Waals surface area contributed by atoms with E-state index in [0.717, 1.165) is 4.47 Å². The second-order valence-electron chi connectivity index (χ2n) is 3.68. The number of aromatic carboxylic acids is 1. The van der Waals surface area contributed by atoms with Gasteiger partial charge in [0.15, 0.2) is 4.77 Å². The minimum atomic E-state index is -1.03. The summed E-state index contributed by atoms with van der Waals surface area (Å²) in [7, 11) is 0. The first kappa shape index (κ1) is 12.9. The van der Waals surface area contributed by atoms with Crippen molar-refractivity contribution >= 4 is 34.1 Å². The molecule has 2 rings (SSSR count). The first-order valence-electron chi connectivity index (χ1n) is 5.10. The number of aryl methyl sites for hydroxylation is 1. The summed E-state index contributed by atoms with van der Waals surface area (Å²) in [6.07, 6.45) is 0. The normalized spacial score (nSPS) is 10.3. The molecule has 4 nitrogen and oxygen atoms in total. The standard InChI is InChI=1S/C12H9BrN2O2S/c1-6-9(11(16)17)10(15-12(18)14-6)7-4-2-3-5-8(7)13/h2-5H,1H3,(H,16,17)(H,14,15,18). The Morgan fingerprint density at radius 2 is 2.11 bits per heavy atom. The van der Waals surface area contributed by atoms with Gasteiger partial charge in [-0.05, 0) is 25.2 Å². The zero-order valence-electron chi connectivity index (χ0n) is 9.40. The maximum atomic E-state index is 11.3. The summed E-state index contributed by atoms with van der Waals surface area (Å²) >= 11 is 8.39. The van der Waals surface area contributed by atoms with E-state index in [9.17, 15) is 9.90 Å². The van der Waals surface area contributed by atoms with Gasteiger partial charge in [-0.1, -0.05) is 34.1 Å². The highest BCUT2D eigenvalue weighted by atomic mass is 79.9. The van der Waals surface area contributed by atoms with Gasteiger partial charge in [0.2, 0.25) is 0 Å². The Bertz CT molecular complexity index is 682. The van der Waals surface area contributed by atoms with Gasteiger partial charge in [0.1, 0.15) is 5.56 Å². The molecule has 0 saturated carbocycles. The van der Waals surface area contributed by atoms with E-state index in [1.165, 1.54) is 0 Å². The van der Waals surface area contributed by atoms with Crippen molar-refractivity contribution in [3.63, 3.8) is 0 Å². The molecule has 92 valence electrons. The van der Waals surface area contributed by atoms with Crippen molar-refractivity contribution in [2.75, 3.05) is 0 Å². The van der Waals surface area contributed by atoms with Gasteiger partial charge in [-0.3, -0.25) is 0 Å². The lowest BCUT2D eigenvalue weighted by Gasteiger charge is -2.09. The number of benzene rings is 1. The molecule has 1 aromatic carbocycles. The van der Waals surface area contributed by atoms with Gasteiger partial charge in [0, 0.05) is 15.7 Å². The van der Waals surface area contributed by atoms with Crippen LogP contribution < -0.4 is 0 Å². The van der Waals surface area contributed by atoms with E-state index in [-0.39, 0.29) is 10.3 Å². The second-order valence-corrected chi connectivity index (χ2v) is 4.92. The van der Waals surface area contributed by atoms with Gasteiger partial charge in [-0.15, -0.1) is 0 Å². The van der Waals surface area contributed by atoms with Crippen molar-refractivity contribution < 1.29 is 9.90 Å².